The van der Waals surface area contributed by atoms with Gasteiger partial charge in [-0.1, -0.05) is 238 Å². The molecule has 5 heteroatoms. The van der Waals surface area contributed by atoms with Crippen LogP contribution in [0.5, 0.6) is 0 Å². The summed E-state index contributed by atoms with van der Waals surface area (Å²) in [4.78, 5) is 0. The monoisotopic (exact) mass is 681 g/mol. The second-order valence-electron chi connectivity index (χ2n) is 16.5. The molecule has 0 aromatic rings. The largest absolute Gasteiger partial charge is 0.384 e. The lowest BCUT2D eigenvalue weighted by atomic mass is 10.1. The molecule has 0 aromatic carbocycles. The van der Waals surface area contributed by atoms with E-state index in [0.29, 0.717) is 0 Å². The molecule has 0 fully saturated rings. The molecule has 262 valence electrons. The van der Waals surface area contributed by atoms with Gasteiger partial charge in [-0.3, -0.25) is 0 Å². The molecule has 0 amide bonds. The van der Waals surface area contributed by atoms with Gasteiger partial charge in [-0.2, -0.15) is 0 Å². The highest BCUT2D eigenvalue weighted by Crippen LogP contribution is 2.44. The van der Waals surface area contributed by atoms with Crippen LogP contribution >= 0.6 is 0 Å². The SMILES string of the molecule is CCCCCCCCCC[Si](C)(C)[Si](C#CCO)([Si](C)(C)CCCCCCCCCC)[Si](C)(C)CCCCCCCCCC. The van der Waals surface area contributed by atoms with Gasteiger partial charge >= 0.3 is 0 Å². The van der Waals surface area contributed by atoms with E-state index in [1.165, 1.54) is 172 Å². The maximum Gasteiger partial charge on any atom is 0.115 e. The first-order valence-electron chi connectivity index (χ1n) is 20.1. The number of unbranched alkanes of at least 4 members (excludes halogenated alkanes) is 21. The van der Waals surface area contributed by atoms with Crippen LogP contribution in [-0.4, -0.2) is 41.1 Å². The molecule has 0 aliphatic rings. The third kappa shape index (κ3) is 17.0. The predicted octanol–water partition coefficient (Wildman–Crippen LogP) is 13.8. The lowest BCUT2D eigenvalue weighted by Crippen LogP contribution is -2.84. The number of hydrogen-bond donors (Lipinski definition) is 1. The van der Waals surface area contributed by atoms with E-state index in [-0.39, 0.29) is 6.61 Å². The van der Waals surface area contributed by atoms with Crippen LogP contribution in [0.25, 0.3) is 0 Å². The van der Waals surface area contributed by atoms with Crippen molar-refractivity contribution in [2.75, 3.05) is 6.61 Å². The Morgan fingerprint density at radius 3 is 0.818 bits per heavy atom. The zero-order valence-electron chi connectivity index (χ0n) is 32.2. The molecule has 0 saturated heterocycles. The van der Waals surface area contributed by atoms with Gasteiger partial charge in [0.05, 0.1) is 22.8 Å². The fourth-order valence-corrected chi connectivity index (χ4v) is 102. The molecule has 0 spiro atoms. The van der Waals surface area contributed by atoms with E-state index in [0.717, 1.165) is 0 Å². The molecule has 1 nitrogen and oxygen atoms in total. The first kappa shape index (κ1) is 44.4. The average Bonchev–Trinajstić information content (AvgIpc) is 2.97. The zero-order valence-corrected chi connectivity index (χ0v) is 36.2. The molecular formula is C39H84OSi4. The minimum atomic E-state index is -1.86. The van der Waals surface area contributed by atoms with Gasteiger partial charge in [0.1, 0.15) is 13.2 Å². The van der Waals surface area contributed by atoms with E-state index in [1.54, 1.807) is 0 Å². The second-order valence-corrected chi connectivity index (χ2v) is 54.5. The number of aliphatic hydroxyl groups is 1. The number of hydrogen-bond acceptors (Lipinski definition) is 1. The first-order valence-corrected chi connectivity index (χ1v) is 34.7. The molecule has 0 aromatic heterocycles. The smallest absolute Gasteiger partial charge is 0.115 e. The maximum absolute atomic E-state index is 10.1. The second kappa shape index (κ2) is 26.4. The van der Waals surface area contributed by atoms with E-state index < -0.39 is 29.4 Å². The predicted molar refractivity (Wildman–Crippen MR) is 215 cm³/mol. The summed E-state index contributed by atoms with van der Waals surface area (Å²) < 4.78 is 0. The molecule has 0 aliphatic carbocycles. The van der Waals surface area contributed by atoms with Crippen LogP contribution in [0, 0.1) is 11.5 Å². The molecule has 0 aliphatic heterocycles. The molecule has 44 heavy (non-hydrogen) atoms. The standard InChI is InChI=1S/C39H84OSi4/c1-10-13-16-19-22-25-28-31-36-41(4,5)44(39-34-35-40,42(6,7)37-32-29-26-23-20-17-14-11-2)43(8,9)38-33-30-27-24-21-18-15-12-3/h40H,10-33,35-38H2,1-9H3. The van der Waals surface area contributed by atoms with Crippen LogP contribution < -0.4 is 0 Å². The van der Waals surface area contributed by atoms with Crippen molar-refractivity contribution in [1.82, 2.24) is 0 Å². The Morgan fingerprint density at radius 2 is 0.591 bits per heavy atom. The highest BCUT2D eigenvalue weighted by Gasteiger charge is 2.65. The fraction of sp³-hybridized carbons (Fsp3) is 0.949. The zero-order chi connectivity index (χ0) is 33.2. The Labute approximate surface area is 283 Å². The minimum Gasteiger partial charge on any atom is -0.384 e. The molecule has 0 heterocycles. The van der Waals surface area contributed by atoms with Crippen LogP contribution in [-0.2, 0) is 0 Å². The van der Waals surface area contributed by atoms with E-state index in [9.17, 15) is 5.11 Å². The normalized spacial score (nSPS) is 12.9. The van der Waals surface area contributed by atoms with Crippen molar-refractivity contribution in [1.29, 1.82) is 0 Å². The summed E-state index contributed by atoms with van der Waals surface area (Å²) >= 11 is 0. The van der Waals surface area contributed by atoms with E-state index in [2.05, 4.69) is 71.5 Å². The Balaban J connectivity index is 5.78. The molecule has 0 bridgehead atoms. The van der Waals surface area contributed by atoms with Gasteiger partial charge in [-0.15, -0.1) is 5.54 Å². The molecular weight excluding hydrogens is 597 g/mol. The number of aliphatic hydroxyl groups excluding tert-OH is 1. The summed E-state index contributed by atoms with van der Waals surface area (Å²) in [6.07, 6.45) is 34.1. The lowest BCUT2D eigenvalue weighted by molar-refractivity contribution is 0.350. The highest BCUT2D eigenvalue weighted by molar-refractivity contribution is 7.92. The lowest BCUT2D eigenvalue weighted by Gasteiger charge is -2.57. The van der Waals surface area contributed by atoms with Gasteiger partial charge < -0.3 is 5.11 Å². The Hall–Kier alpha value is 0.388. The van der Waals surface area contributed by atoms with E-state index >= 15 is 0 Å². The summed E-state index contributed by atoms with van der Waals surface area (Å²) in [6.45, 7) is 22.1. The Morgan fingerprint density at radius 1 is 0.364 bits per heavy atom. The topological polar surface area (TPSA) is 20.2 Å². The fourth-order valence-electron chi connectivity index (χ4n) is 9.09. The Bertz CT molecular complexity index is 643. The van der Waals surface area contributed by atoms with Gasteiger partial charge in [0.25, 0.3) is 0 Å². The molecule has 0 rings (SSSR count). The van der Waals surface area contributed by atoms with Gasteiger partial charge in [0, 0.05) is 0 Å². The van der Waals surface area contributed by atoms with Crippen molar-refractivity contribution in [2.45, 2.75) is 232 Å². The van der Waals surface area contributed by atoms with Crippen LogP contribution in [0.4, 0.5) is 0 Å². The summed E-state index contributed by atoms with van der Waals surface area (Å²) in [6, 6.07) is 4.49. The first-order chi connectivity index (χ1) is 21.0. The van der Waals surface area contributed by atoms with Gasteiger partial charge in [0.15, 0.2) is 0 Å². The van der Waals surface area contributed by atoms with Crippen molar-refractivity contribution in [3.05, 3.63) is 0 Å². The van der Waals surface area contributed by atoms with Crippen molar-refractivity contribution in [2.24, 2.45) is 0 Å². The summed E-state index contributed by atoms with van der Waals surface area (Å²) in [5.41, 5.74) is 4.25. The van der Waals surface area contributed by atoms with E-state index in [1.807, 2.05) is 0 Å². The van der Waals surface area contributed by atoms with Crippen molar-refractivity contribution < 1.29 is 5.11 Å². The molecule has 0 atom stereocenters. The third-order valence-corrected chi connectivity index (χ3v) is 81.0. The van der Waals surface area contributed by atoms with Crippen molar-refractivity contribution >= 4 is 29.4 Å². The van der Waals surface area contributed by atoms with Crippen LogP contribution in [0.1, 0.15) is 175 Å². The van der Waals surface area contributed by atoms with Gasteiger partial charge in [-0.05, 0) is 0 Å². The maximum atomic E-state index is 10.1. The molecule has 1 N–H and O–H groups in total. The van der Waals surface area contributed by atoms with Crippen molar-refractivity contribution in [3.8, 4) is 11.5 Å². The average molecular weight is 681 g/mol. The van der Waals surface area contributed by atoms with E-state index in [4.69, 9.17) is 0 Å². The molecule has 0 unspecified atom stereocenters. The summed E-state index contributed by atoms with van der Waals surface area (Å²) in [7, 11) is -4.73. The van der Waals surface area contributed by atoms with Crippen LogP contribution in [0.3, 0.4) is 0 Å². The van der Waals surface area contributed by atoms with Gasteiger partial charge in [0.2, 0.25) is 0 Å². The highest BCUT2D eigenvalue weighted by atomic mass is 29.9. The molecule has 0 saturated carbocycles. The van der Waals surface area contributed by atoms with Gasteiger partial charge in [-0.25, -0.2) is 0 Å². The summed E-state index contributed by atoms with van der Waals surface area (Å²) in [5.74, 6) is 3.47. The molecule has 0 radical (unpaired) electrons. The quantitative estimate of drug-likeness (QED) is 0.0455. The van der Waals surface area contributed by atoms with Crippen molar-refractivity contribution in [3.63, 3.8) is 0 Å². The van der Waals surface area contributed by atoms with Crippen LogP contribution in [0.2, 0.25) is 57.4 Å². The Kier molecular flexibility index (Phi) is 26.6. The third-order valence-electron chi connectivity index (χ3n) is 11.4. The number of rotatable bonds is 30. The summed E-state index contributed by atoms with van der Waals surface area (Å²) in [5, 5.41) is 10.1. The minimum absolute atomic E-state index is 0.0709. The van der Waals surface area contributed by atoms with Crippen LogP contribution in [0.15, 0.2) is 0 Å².